The molecule has 8 heteroatoms. The number of carbonyl (C=O) groups excluding carboxylic acids is 2. The van der Waals surface area contributed by atoms with Gasteiger partial charge in [-0.05, 0) is 18.2 Å². The number of Topliss-reactive ketones (excluding diaryl/α,β-unsaturated/α-hetero) is 1. The summed E-state index contributed by atoms with van der Waals surface area (Å²) in [6, 6.07) is 3.08. The van der Waals surface area contributed by atoms with E-state index >= 15 is 0 Å². The second-order valence-corrected chi connectivity index (χ2v) is 4.16. The molecule has 20 heavy (non-hydrogen) atoms. The molecule has 0 bridgehead atoms. The zero-order valence-corrected chi connectivity index (χ0v) is 9.90. The molecule has 0 aliphatic carbocycles. The van der Waals surface area contributed by atoms with E-state index in [9.17, 15) is 27.6 Å². The molecule has 1 aliphatic heterocycles. The molecule has 2 rings (SSSR count). The van der Waals surface area contributed by atoms with Crippen LogP contribution in [0.25, 0.3) is 0 Å². The predicted octanol–water partition coefficient (Wildman–Crippen LogP) is 1.87. The Labute approximate surface area is 110 Å². The second-order valence-electron chi connectivity index (χ2n) is 4.16. The highest BCUT2D eigenvalue weighted by atomic mass is 19.4. The minimum absolute atomic E-state index is 0.186. The van der Waals surface area contributed by atoms with Crippen LogP contribution in [0.2, 0.25) is 0 Å². The Bertz CT molecular complexity index is 609. The van der Waals surface area contributed by atoms with Crippen LogP contribution in [-0.2, 0) is 4.79 Å². The molecule has 0 fully saturated rings. The van der Waals surface area contributed by atoms with Crippen LogP contribution >= 0.6 is 0 Å². The van der Waals surface area contributed by atoms with Crippen molar-refractivity contribution in [1.82, 2.24) is 0 Å². The third-order valence-electron chi connectivity index (χ3n) is 2.88. The average molecular weight is 287 g/mol. The van der Waals surface area contributed by atoms with Gasteiger partial charge in [-0.1, -0.05) is 0 Å². The number of anilines is 1. The number of aromatic carboxylic acids is 1. The first-order valence-corrected chi connectivity index (χ1v) is 5.51. The first-order valence-electron chi connectivity index (χ1n) is 5.51. The van der Waals surface area contributed by atoms with E-state index in [1.54, 1.807) is 0 Å². The van der Waals surface area contributed by atoms with Crippen LogP contribution < -0.4 is 4.90 Å². The highest BCUT2D eigenvalue weighted by molar-refractivity contribution is 6.11. The standard InChI is InChI=1S/C12H8F3NO4/c13-12(14,15)11(20)16-4-3-9(17)7-5-6(10(18)19)1-2-8(7)16/h1-2,5H,3-4H2,(H,18,19). The van der Waals surface area contributed by atoms with Crippen molar-refractivity contribution in [3.05, 3.63) is 29.3 Å². The van der Waals surface area contributed by atoms with E-state index < -0.39 is 23.8 Å². The number of halogens is 3. The first-order chi connectivity index (χ1) is 9.21. The molecule has 106 valence electrons. The summed E-state index contributed by atoms with van der Waals surface area (Å²) in [5, 5.41) is 8.81. The van der Waals surface area contributed by atoms with Gasteiger partial charge in [0, 0.05) is 18.5 Å². The van der Waals surface area contributed by atoms with Crippen molar-refractivity contribution >= 4 is 23.3 Å². The maximum atomic E-state index is 12.5. The molecule has 0 aromatic heterocycles. The molecule has 5 nitrogen and oxygen atoms in total. The normalized spacial score (nSPS) is 14.9. The van der Waals surface area contributed by atoms with Gasteiger partial charge in [0.25, 0.3) is 0 Å². The van der Waals surface area contributed by atoms with Crippen LogP contribution in [0.15, 0.2) is 18.2 Å². The van der Waals surface area contributed by atoms with E-state index in [4.69, 9.17) is 5.11 Å². The first kappa shape index (κ1) is 14.0. The van der Waals surface area contributed by atoms with Crippen LogP contribution in [0.5, 0.6) is 0 Å². The van der Waals surface area contributed by atoms with Gasteiger partial charge >= 0.3 is 18.1 Å². The molecule has 1 N–H and O–H groups in total. The number of benzene rings is 1. The van der Waals surface area contributed by atoms with Crippen molar-refractivity contribution in [2.45, 2.75) is 12.6 Å². The summed E-state index contributed by atoms with van der Waals surface area (Å²) >= 11 is 0. The number of hydrogen-bond donors (Lipinski definition) is 1. The van der Waals surface area contributed by atoms with Crippen molar-refractivity contribution in [1.29, 1.82) is 0 Å². The molecule has 1 heterocycles. The molecule has 0 spiro atoms. The number of hydrogen-bond acceptors (Lipinski definition) is 3. The van der Waals surface area contributed by atoms with Crippen molar-refractivity contribution in [2.24, 2.45) is 0 Å². The van der Waals surface area contributed by atoms with E-state index in [2.05, 4.69) is 0 Å². The fourth-order valence-corrected chi connectivity index (χ4v) is 1.96. The molecule has 1 aromatic carbocycles. The van der Waals surface area contributed by atoms with Gasteiger partial charge in [0.15, 0.2) is 5.78 Å². The van der Waals surface area contributed by atoms with Gasteiger partial charge in [-0.25, -0.2) is 4.79 Å². The number of amides is 1. The molecular formula is C12H8F3NO4. The summed E-state index contributed by atoms with van der Waals surface area (Å²) in [5.41, 5.74) is -0.624. The second kappa shape index (κ2) is 4.62. The lowest BCUT2D eigenvalue weighted by Crippen LogP contribution is -2.45. The van der Waals surface area contributed by atoms with Crippen LogP contribution in [0.4, 0.5) is 18.9 Å². The van der Waals surface area contributed by atoms with Crippen LogP contribution in [-0.4, -0.2) is 35.5 Å². The quantitative estimate of drug-likeness (QED) is 0.855. The summed E-state index contributed by atoms with van der Waals surface area (Å²) in [5.74, 6) is -3.87. The van der Waals surface area contributed by atoms with Gasteiger partial charge in [0.1, 0.15) is 0 Å². The van der Waals surface area contributed by atoms with Gasteiger partial charge in [-0.3, -0.25) is 9.59 Å². The van der Waals surface area contributed by atoms with E-state index in [1.807, 2.05) is 0 Å². The highest BCUT2D eigenvalue weighted by Gasteiger charge is 2.44. The summed E-state index contributed by atoms with van der Waals surface area (Å²) in [6.07, 6.45) is -5.33. The van der Waals surface area contributed by atoms with Crippen LogP contribution in [0.3, 0.4) is 0 Å². The maximum absolute atomic E-state index is 12.5. The lowest BCUT2D eigenvalue weighted by Gasteiger charge is -2.29. The summed E-state index contributed by atoms with van der Waals surface area (Å²) in [4.78, 5) is 34.2. The predicted molar refractivity (Wildman–Crippen MR) is 60.8 cm³/mol. The van der Waals surface area contributed by atoms with Gasteiger partial charge in [0.05, 0.1) is 11.3 Å². The molecule has 0 radical (unpaired) electrons. The SMILES string of the molecule is O=C(O)c1ccc2c(c1)C(=O)CCN2C(=O)C(F)(F)F. The molecule has 0 unspecified atom stereocenters. The number of carboxylic acids is 1. The van der Waals surface area contributed by atoms with Crippen LogP contribution in [0, 0.1) is 0 Å². The number of ketones is 1. The van der Waals surface area contributed by atoms with E-state index in [0.717, 1.165) is 18.2 Å². The lowest BCUT2D eigenvalue weighted by molar-refractivity contribution is -0.170. The number of carboxylic acid groups (broad SMARTS) is 1. The average Bonchev–Trinajstić information content (AvgIpc) is 2.37. The monoisotopic (exact) mass is 287 g/mol. The van der Waals surface area contributed by atoms with E-state index in [0.29, 0.717) is 4.90 Å². The van der Waals surface area contributed by atoms with Crippen molar-refractivity contribution in [2.75, 3.05) is 11.4 Å². The summed E-state index contributed by atoms with van der Waals surface area (Å²) in [6.45, 7) is -0.378. The minimum atomic E-state index is -5.05. The summed E-state index contributed by atoms with van der Waals surface area (Å²) < 4.78 is 37.4. The fourth-order valence-electron chi connectivity index (χ4n) is 1.96. The zero-order chi connectivity index (χ0) is 15.1. The number of rotatable bonds is 1. The van der Waals surface area contributed by atoms with Gasteiger partial charge in [-0.15, -0.1) is 0 Å². The van der Waals surface area contributed by atoms with Crippen molar-refractivity contribution in [3.8, 4) is 0 Å². The molecule has 0 saturated heterocycles. The lowest BCUT2D eigenvalue weighted by atomic mass is 9.98. The van der Waals surface area contributed by atoms with E-state index in [1.165, 1.54) is 0 Å². The van der Waals surface area contributed by atoms with Crippen LogP contribution in [0.1, 0.15) is 27.1 Å². The maximum Gasteiger partial charge on any atom is 0.471 e. The van der Waals surface area contributed by atoms with E-state index in [-0.39, 0.29) is 29.8 Å². The number of carbonyl (C=O) groups is 3. The Morgan fingerprint density at radius 1 is 1.25 bits per heavy atom. The largest absolute Gasteiger partial charge is 0.478 e. The Balaban J connectivity index is 2.50. The molecule has 1 aliphatic rings. The topological polar surface area (TPSA) is 74.7 Å². The van der Waals surface area contributed by atoms with Crippen molar-refractivity contribution < 1.29 is 32.7 Å². The Morgan fingerprint density at radius 3 is 2.45 bits per heavy atom. The van der Waals surface area contributed by atoms with Crippen molar-refractivity contribution in [3.63, 3.8) is 0 Å². The van der Waals surface area contributed by atoms with Gasteiger partial charge in [0.2, 0.25) is 0 Å². The Morgan fingerprint density at radius 2 is 1.90 bits per heavy atom. The number of nitrogens with zero attached hydrogens (tertiary/aromatic N) is 1. The molecule has 1 amide bonds. The Kier molecular flexibility index (Phi) is 3.24. The smallest absolute Gasteiger partial charge is 0.471 e. The van der Waals surface area contributed by atoms with Gasteiger partial charge in [-0.2, -0.15) is 13.2 Å². The molecule has 0 atom stereocenters. The highest BCUT2D eigenvalue weighted by Crippen LogP contribution is 2.31. The Hall–Kier alpha value is -2.38. The fraction of sp³-hybridized carbons (Fsp3) is 0.250. The third kappa shape index (κ3) is 2.36. The third-order valence-corrected chi connectivity index (χ3v) is 2.88. The molecule has 0 saturated carbocycles. The minimum Gasteiger partial charge on any atom is -0.478 e. The number of fused-ring (bicyclic) bond motifs is 1. The van der Waals surface area contributed by atoms with Gasteiger partial charge < -0.3 is 10.0 Å². The summed E-state index contributed by atoms with van der Waals surface area (Å²) in [7, 11) is 0. The molecule has 1 aromatic rings. The zero-order valence-electron chi connectivity index (χ0n) is 9.90. The number of alkyl halides is 3. The molecular weight excluding hydrogens is 279 g/mol.